The van der Waals surface area contributed by atoms with E-state index in [2.05, 4.69) is 42.5 Å². The molecule has 0 saturated heterocycles. The zero-order valence-electron chi connectivity index (χ0n) is 20.0. The van der Waals surface area contributed by atoms with Gasteiger partial charge in [0.2, 0.25) is 5.91 Å². The summed E-state index contributed by atoms with van der Waals surface area (Å²) in [6.45, 7) is 3.53. The Morgan fingerprint density at radius 2 is 1.78 bits per heavy atom. The van der Waals surface area contributed by atoms with Crippen LogP contribution in [0.15, 0.2) is 81.8 Å². The number of nitrogen functional groups attached to an aromatic ring is 1. The first kappa shape index (κ1) is 27.8. The van der Waals surface area contributed by atoms with Gasteiger partial charge in [0.05, 0.1) is 27.5 Å². The molecule has 5 N–H and O–H groups in total. The molecule has 0 spiro atoms. The summed E-state index contributed by atoms with van der Waals surface area (Å²) in [5.74, 6) is -0.534. The second kappa shape index (κ2) is 12.0. The van der Waals surface area contributed by atoms with Crippen molar-refractivity contribution in [1.29, 1.82) is 5.26 Å². The van der Waals surface area contributed by atoms with Crippen LogP contribution in [0.1, 0.15) is 31.1 Å². The number of amides is 2. The zero-order valence-corrected chi connectivity index (χ0v) is 23.1. The van der Waals surface area contributed by atoms with Crippen LogP contribution in [0.4, 0.5) is 21.9 Å². The van der Waals surface area contributed by atoms with Crippen molar-refractivity contribution in [3.8, 4) is 11.8 Å². The molecule has 190 valence electrons. The topological polar surface area (TPSA) is 137 Å². The van der Waals surface area contributed by atoms with Gasteiger partial charge in [0.25, 0.3) is 0 Å². The third-order valence-corrected chi connectivity index (χ3v) is 6.45. The lowest BCUT2D eigenvalue weighted by Crippen LogP contribution is -2.28. The van der Waals surface area contributed by atoms with Gasteiger partial charge >= 0.3 is 6.09 Å². The lowest BCUT2D eigenvalue weighted by Gasteiger charge is -2.32. The quantitative estimate of drug-likeness (QED) is 0.166. The minimum atomic E-state index is -1.01. The third kappa shape index (κ3) is 7.35. The van der Waals surface area contributed by atoms with Crippen molar-refractivity contribution < 1.29 is 19.4 Å². The molecule has 0 aromatic heterocycles. The van der Waals surface area contributed by atoms with Gasteiger partial charge in [-0.2, -0.15) is 5.26 Å². The lowest BCUT2D eigenvalue weighted by molar-refractivity contribution is -0.112. The molecule has 2 amide bonds. The molecule has 3 aromatic carbocycles. The Balaban J connectivity index is 1.89. The Hall–Kier alpha value is -3.81. The highest BCUT2D eigenvalue weighted by atomic mass is 79.9. The molecule has 0 radical (unpaired) electrons. The largest absolute Gasteiger partial charge is 0.506 e. The van der Waals surface area contributed by atoms with Crippen LogP contribution < -0.4 is 16.4 Å². The van der Waals surface area contributed by atoms with Crippen molar-refractivity contribution in [2.75, 3.05) is 16.4 Å². The molecule has 0 bridgehead atoms. The van der Waals surface area contributed by atoms with E-state index in [1.54, 1.807) is 80.6 Å². The number of carbonyl (C=O) groups is 2. The highest BCUT2D eigenvalue weighted by Crippen LogP contribution is 2.45. The van der Waals surface area contributed by atoms with Crippen molar-refractivity contribution in [3.63, 3.8) is 0 Å². The molecule has 0 heterocycles. The molecule has 0 aliphatic heterocycles. The average molecular weight is 628 g/mol. The number of hydrogen-bond acceptors (Lipinski definition) is 6. The summed E-state index contributed by atoms with van der Waals surface area (Å²) in [5.41, 5.74) is 7.03. The van der Waals surface area contributed by atoms with Crippen molar-refractivity contribution >= 4 is 60.9 Å². The van der Waals surface area contributed by atoms with E-state index in [9.17, 15) is 14.7 Å². The average Bonchev–Trinajstić information content (AvgIpc) is 2.85. The van der Waals surface area contributed by atoms with E-state index in [0.717, 1.165) is 0 Å². The predicted octanol–water partition coefficient (Wildman–Crippen LogP) is 6.88. The number of rotatable bonds is 7. The molecular weight excluding hydrogens is 604 g/mol. The Bertz CT molecular complexity index is 1380. The summed E-state index contributed by atoms with van der Waals surface area (Å²) in [5, 5.41) is 25.1. The number of ether oxygens (including phenoxy) is 1. The molecule has 0 aliphatic rings. The number of anilines is 3. The van der Waals surface area contributed by atoms with Crippen molar-refractivity contribution in [1.82, 2.24) is 0 Å². The SMILES string of the molecule is CC(C)(/C=C/C(=O)Nc1ccccc1N)[C@H](OC(=O)Nc1ccc(C#N)cc1)c1cc(Br)cc(Br)c1O. The van der Waals surface area contributed by atoms with E-state index < -0.39 is 23.5 Å². The van der Waals surface area contributed by atoms with Gasteiger partial charge in [-0.3, -0.25) is 10.1 Å². The van der Waals surface area contributed by atoms with Gasteiger partial charge in [-0.25, -0.2) is 4.79 Å². The van der Waals surface area contributed by atoms with Crippen LogP contribution in [-0.4, -0.2) is 17.1 Å². The number of nitrogens with zero attached hydrogens (tertiary/aromatic N) is 1. The van der Waals surface area contributed by atoms with E-state index in [1.807, 2.05) is 6.07 Å². The second-order valence-corrected chi connectivity index (χ2v) is 10.4. The normalized spacial score (nSPS) is 12.0. The van der Waals surface area contributed by atoms with Crippen molar-refractivity contribution in [3.05, 3.63) is 92.9 Å². The molecule has 8 nitrogen and oxygen atoms in total. The number of halogens is 2. The van der Waals surface area contributed by atoms with Crippen LogP contribution in [0.2, 0.25) is 0 Å². The van der Waals surface area contributed by atoms with Crippen LogP contribution in [0.5, 0.6) is 5.75 Å². The zero-order chi connectivity index (χ0) is 27.2. The maximum Gasteiger partial charge on any atom is 0.412 e. The van der Waals surface area contributed by atoms with E-state index in [0.29, 0.717) is 37.1 Å². The Morgan fingerprint density at radius 3 is 2.43 bits per heavy atom. The molecule has 0 aliphatic carbocycles. The lowest BCUT2D eigenvalue weighted by atomic mass is 9.81. The molecule has 37 heavy (non-hydrogen) atoms. The number of benzene rings is 3. The molecular formula is C27H24Br2N4O4. The fraction of sp³-hybridized carbons (Fsp3) is 0.148. The second-order valence-electron chi connectivity index (χ2n) is 8.66. The number of carbonyl (C=O) groups excluding carboxylic acids is 2. The summed E-state index contributed by atoms with van der Waals surface area (Å²) >= 11 is 6.72. The van der Waals surface area contributed by atoms with Gasteiger partial charge < -0.3 is 20.9 Å². The van der Waals surface area contributed by atoms with Crippen LogP contribution in [0.3, 0.4) is 0 Å². The minimum absolute atomic E-state index is 0.109. The Labute approximate surface area is 231 Å². The smallest absolute Gasteiger partial charge is 0.412 e. The summed E-state index contributed by atoms with van der Waals surface area (Å²) in [4.78, 5) is 25.5. The summed E-state index contributed by atoms with van der Waals surface area (Å²) in [7, 11) is 0. The van der Waals surface area contributed by atoms with E-state index >= 15 is 0 Å². The molecule has 0 saturated carbocycles. The number of nitrogens with one attached hydrogen (secondary N) is 2. The van der Waals surface area contributed by atoms with Crippen molar-refractivity contribution in [2.24, 2.45) is 5.41 Å². The van der Waals surface area contributed by atoms with E-state index in [1.165, 1.54) is 6.08 Å². The number of hydrogen-bond donors (Lipinski definition) is 4. The highest BCUT2D eigenvalue weighted by molar-refractivity contribution is 9.11. The first-order valence-corrected chi connectivity index (χ1v) is 12.6. The van der Waals surface area contributed by atoms with Gasteiger partial charge in [0.15, 0.2) is 0 Å². The summed E-state index contributed by atoms with van der Waals surface area (Å²) < 4.78 is 6.84. The fourth-order valence-electron chi connectivity index (χ4n) is 3.45. The van der Waals surface area contributed by atoms with Gasteiger partial charge in [0, 0.05) is 21.1 Å². The summed E-state index contributed by atoms with van der Waals surface area (Å²) in [6.07, 6.45) is 1.12. The molecule has 1 atom stereocenters. The van der Waals surface area contributed by atoms with Crippen LogP contribution in [0.25, 0.3) is 0 Å². The van der Waals surface area contributed by atoms with Crippen molar-refractivity contribution in [2.45, 2.75) is 20.0 Å². The van der Waals surface area contributed by atoms with E-state index in [-0.39, 0.29) is 5.75 Å². The Kier molecular flexibility index (Phi) is 8.97. The fourth-order valence-corrected chi connectivity index (χ4v) is 4.71. The van der Waals surface area contributed by atoms with E-state index in [4.69, 9.17) is 15.7 Å². The predicted molar refractivity (Wildman–Crippen MR) is 150 cm³/mol. The monoisotopic (exact) mass is 626 g/mol. The van der Waals surface area contributed by atoms with Gasteiger partial charge in [-0.05, 0) is 70.5 Å². The maximum atomic E-state index is 12.9. The number of phenols is 1. The molecule has 3 aromatic rings. The number of phenolic OH excluding ortho intramolecular Hbond substituents is 1. The molecule has 0 fully saturated rings. The third-order valence-electron chi connectivity index (χ3n) is 5.38. The highest BCUT2D eigenvalue weighted by Gasteiger charge is 2.35. The standard InChI is InChI=1S/C27H24Br2N4O4/c1-27(2,12-11-23(34)33-22-6-4-3-5-21(22)31)25(19-13-17(28)14-20(29)24(19)35)37-26(36)32-18-9-7-16(15-30)8-10-18/h3-14,25,35H,31H2,1-2H3,(H,32,36)(H,33,34)/b12-11+/t25-/m1/s1. The maximum absolute atomic E-state index is 12.9. The first-order valence-electron chi connectivity index (χ1n) is 11.0. The van der Waals surface area contributed by atoms with Crippen LogP contribution in [-0.2, 0) is 9.53 Å². The molecule has 3 rings (SSSR count). The molecule has 0 unspecified atom stereocenters. The van der Waals surface area contributed by atoms with Gasteiger partial charge in [0.1, 0.15) is 11.9 Å². The number of para-hydroxylation sites is 2. The van der Waals surface area contributed by atoms with Gasteiger partial charge in [-0.1, -0.05) is 48.0 Å². The molecule has 10 heteroatoms. The Morgan fingerprint density at radius 1 is 1.11 bits per heavy atom. The summed E-state index contributed by atoms with van der Waals surface area (Å²) in [6, 6.07) is 18.5. The number of aromatic hydroxyl groups is 1. The first-order chi connectivity index (χ1) is 17.5. The van der Waals surface area contributed by atoms with Gasteiger partial charge in [-0.15, -0.1) is 0 Å². The van der Waals surface area contributed by atoms with Crippen LogP contribution in [0, 0.1) is 16.7 Å². The number of nitrogens with two attached hydrogens (primary N) is 1. The minimum Gasteiger partial charge on any atom is -0.506 e. The van der Waals surface area contributed by atoms with Crippen LogP contribution >= 0.6 is 31.9 Å². The number of nitriles is 1.